The standard InChI is InChI=1S/C31H26N2O8/c1-3-41-24-9-5-8-19(29(24)36)25-18-10-11-20-26(21(18)14-22-23(34)12-15(2)28(35)27(22)25)31(38)32(30(20)37)16-6-4-7-17(13-16)33(39)40/h4-10,12-13,20-21,25-26,36H,3,11,14H2,1-2H3/t20-,21+,25+,26-/m0/s1. The van der Waals surface area contributed by atoms with E-state index >= 15 is 0 Å². The van der Waals surface area contributed by atoms with Crippen LogP contribution in [0.3, 0.4) is 0 Å². The molecule has 1 heterocycles. The molecule has 41 heavy (non-hydrogen) atoms. The van der Waals surface area contributed by atoms with E-state index < -0.39 is 40.4 Å². The van der Waals surface area contributed by atoms with Crippen molar-refractivity contribution in [1.82, 2.24) is 0 Å². The summed E-state index contributed by atoms with van der Waals surface area (Å²) in [6.45, 7) is 3.65. The fourth-order valence-electron chi connectivity index (χ4n) is 6.76. The number of aromatic hydroxyl groups is 1. The van der Waals surface area contributed by atoms with Crippen molar-refractivity contribution in [3.63, 3.8) is 0 Å². The number of allylic oxidation sites excluding steroid dienone is 6. The lowest BCUT2D eigenvalue weighted by Gasteiger charge is -2.42. The van der Waals surface area contributed by atoms with Gasteiger partial charge in [0.05, 0.1) is 29.1 Å². The summed E-state index contributed by atoms with van der Waals surface area (Å²) in [5.74, 6) is -4.53. The molecule has 0 spiro atoms. The van der Waals surface area contributed by atoms with Gasteiger partial charge in [-0.3, -0.25) is 29.3 Å². The molecule has 1 N–H and O–H groups in total. The molecule has 0 radical (unpaired) electrons. The van der Waals surface area contributed by atoms with Crippen molar-refractivity contribution in [2.24, 2.45) is 17.8 Å². The number of phenols is 1. The summed E-state index contributed by atoms with van der Waals surface area (Å²) < 4.78 is 5.60. The molecular weight excluding hydrogens is 528 g/mol. The van der Waals surface area contributed by atoms with Gasteiger partial charge in [-0.2, -0.15) is 0 Å². The zero-order valence-corrected chi connectivity index (χ0v) is 22.3. The number of nitro groups is 1. The Morgan fingerprint density at radius 3 is 2.56 bits per heavy atom. The highest BCUT2D eigenvalue weighted by Gasteiger charge is 2.57. The SMILES string of the molecule is CCOc1cccc([C@H]2C3=CC[C@@H]4C(=O)N(c5cccc([N+](=O)[O-])c5)C(=O)[C@@H]4[C@@H]3CC3=C2C(=O)C(C)=CC3=O)c1O. The number of carbonyl (C=O) groups is 4. The first-order valence-electron chi connectivity index (χ1n) is 13.4. The van der Waals surface area contributed by atoms with Crippen LogP contribution in [0, 0.1) is 27.9 Å². The van der Waals surface area contributed by atoms with E-state index in [2.05, 4.69) is 0 Å². The monoisotopic (exact) mass is 554 g/mol. The Kier molecular flexibility index (Phi) is 6.21. The smallest absolute Gasteiger partial charge is 0.271 e. The van der Waals surface area contributed by atoms with Crippen LogP contribution < -0.4 is 9.64 Å². The fraction of sp³-hybridized carbons (Fsp3) is 0.290. The normalized spacial score (nSPS) is 25.4. The van der Waals surface area contributed by atoms with Gasteiger partial charge in [0.1, 0.15) is 0 Å². The van der Waals surface area contributed by atoms with Gasteiger partial charge in [-0.15, -0.1) is 0 Å². The molecule has 1 aliphatic heterocycles. The number of rotatable bonds is 5. The number of ketones is 2. The van der Waals surface area contributed by atoms with Gasteiger partial charge in [0.25, 0.3) is 5.69 Å². The summed E-state index contributed by atoms with van der Waals surface area (Å²) in [6, 6.07) is 10.4. The van der Waals surface area contributed by atoms with Crippen LogP contribution in [0.15, 0.2) is 76.9 Å². The average Bonchev–Trinajstić information content (AvgIpc) is 3.21. The van der Waals surface area contributed by atoms with Gasteiger partial charge in [0.15, 0.2) is 23.1 Å². The number of amides is 2. The number of fused-ring (bicyclic) bond motifs is 3. The lowest BCUT2D eigenvalue weighted by Crippen LogP contribution is -2.39. The van der Waals surface area contributed by atoms with Gasteiger partial charge < -0.3 is 9.84 Å². The van der Waals surface area contributed by atoms with E-state index in [0.717, 1.165) is 4.90 Å². The van der Waals surface area contributed by atoms with E-state index in [1.807, 2.05) is 6.08 Å². The number of nitrogens with zero attached hydrogens (tertiary/aromatic N) is 2. The molecule has 0 bridgehead atoms. The molecule has 4 atom stereocenters. The summed E-state index contributed by atoms with van der Waals surface area (Å²) in [4.78, 5) is 66.1. The van der Waals surface area contributed by atoms with Gasteiger partial charge in [0, 0.05) is 40.3 Å². The molecule has 2 aromatic carbocycles. The number of ether oxygens (including phenoxy) is 1. The van der Waals surface area contributed by atoms with E-state index in [4.69, 9.17) is 4.74 Å². The third-order valence-corrected chi connectivity index (χ3v) is 8.50. The van der Waals surface area contributed by atoms with Crippen molar-refractivity contribution in [2.75, 3.05) is 11.5 Å². The Morgan fingerprint density at radius 1 is 1.07 bits per heavy atom. The molecule has 4 aliphatic rings. The highest BCUT2D eigenvalue weighted by molar-refractivity contribution is 6.25. The highest BCUT2D eigenvalue weighted by atomic mass is 16.6. The number of carbonyl (C=O) groups excluding carboxylic acids is 4. The second-order valence-corrected chi connectivity index (χ2v) is 10.6. The van der Waals surface area contributed by atoms with Crippen LogP contribution in [0.25, 0.3) is 0 Å². The lowest BCUT2D eigenvalue weighted by atomic mass is 9.59. The first kappa shape index (κ1) is 26.4. The quantitative estimate of drug-likeness (QED) is 0.189. The second-order valence-electron chi connectivity index (χ2n) is 10.6. The Morgan fingerprint density at radius 2 is 1.83 bits per heavy atom. The van der Waals surface area contributed by atoms with Crippen molar-refractivity contribution in [1.29, 1.82) is 0 Å². The molecular formula is C31H26N2O8. The third-order valence-electron chi connectivity index (χ3n) is 8.50. The Hall–Kier alpha value is -4.86. The number of phenolic OH excluding ortho intramolecular Hbond substituents is 1. The predicted octanol–water partition coefficient (Wildman–Crippen LogP) is 4.33. The van der Waals surface area contributed by atoms with Gasteiger partial charge in [-0.1, -0.05) is 29.8 Å². The molecule has 6 rings (SSSR count). The number of nitro benzene ring substituents is 1. The number of hydrogen-bond acceptors (Lipinski definition) is 8. The van der Waals surface area contributed by atoms with Gasteiger partial charge >= 0.3 is 0 Å². The van der Waals surface area contributed by atoms with Crippen molar-refractivity contribution in [3.05, 3.63) is 92.6 Å². The maximum Gasteiger partial charge on any atom is 0.271 e. The molecule has 2 aromatic rings. The molecule has 10 nitrogen and oxygen atoms in total. The molecule has 1 saturated heterocycles. The molecule has 0 unspecified atom stereocenters. The van der Waals surface area contributed by atoms with Crippen molar-refractivity contribution in [2.45, 2.75) is 32.6 Å². The minimum absolute atomic E-state index is 0.0842. The Balaban J connectivity index is 1.49. The number of non-ortho nitro benzene ring substituents is 1. The number of Topliss-reactive ketones (excluding diaryl/α,β-unsaturated/α-hetero) is 1. The van der Waals surface area contributed by atoms with Crippen LogP contribution in [0.5, 0.6) is 11.5 Å². The second kappa shape index (κ2) is 9.65. The average molecular weight is 555 g/mol. The van der Waals surface area contributed by atoms with E-state index in [9.17, 15) is 34.4 Å². The molecule has 3 aliphatic carbocycles. The van der Waals surface area contributed by atoms with Crippen LogP contribution in [0.1, 0.15) is 38.2 Å². The minimum Gasteiger partial charge on any atom is -0.504 e. The Labute approximate surface area is 234 Å². The molecule has 208 valence electrons. The van der Waals surface area contributed by atoms with Crippen molar-refractivity contribution >= 4 is 34.8 Å². The maximum atomic E-state index is 14.0. The zero-order chi connectivity index (χ0) is 29.2. The summed E-state index contributed by atoms with van der Waals surface area (Å²) in [7, 11) is 0. The maximum absolute atomic E-state index is 14.0. The zero-order valence-electron chi connectivity index (χ0n) is 22.3. The molecule has 1 fully saturated rings. The number of imide groups is 1. The summed E-state index contributed by atoms with van der Waals surface area (Å²) >= 11 is 0. The van der Waals surface area contributed by atoms with Crippen LogP contribution in [-0.4, -0.2) is 40.0 Å². The molecule has 10 heteroatoms. The van der Waals surface area contributed by atoms with E-state index in [-0.39, 0.29) is 64.0 Å². The van der Waals surface area contributed by atoms with E-state index in [1.54, 1.807) is 32.0 Å². The third kappa shape index (κ3) is 3.93. The Bertz CT molecular complexity index is 1670. The van der Waals surface area contributed by atoms with E-state index in [0.29, 0.717) is 17.7 Å². The van der Waals surface area contributed by atoms with Gasteiger partial charge in [-0.05, 0) is 50.8 Å². The van der Waals surface area contributed by atoms with Gasteiger partial charge in [0.2, 0.25) is 11.8 Å². The number of para-hydroxylation sites is 1. The minimum atomic E-state index is -0.842. The van der Waals surface area contributed by atoms with Gasteiger partial charge in [-0.25, -0.2) is 4.90 Å². The van der Waals surface area contributed by atoms with Crippen LogP contribution in [0.4, 0.5) is 11.4 Å². The summed E-state index contributed by atoms with van der Waals surface area (Å²) in [5, 5.41) is 22.6. The molecule has 0 aromatic heterocycles. The topological polar surface area (TPSA) is 144 Å². The van der Waals surface area contributed by atoms with E-state index in [1.165, 1.54) is 30.3 Å². The molecule has 0 saturated carbocycles. The largest absolute Gasteiger partial charge is 0.504 e. The van der Waals surface area contributed by atoms with Crippen molar-refractivity contribution < 1.29 is 33.9 Å². The number of benzene rings is 2. The van der Waals surface area contributed by atoms with Crippen LogP contribution in [-0.2, 0) is 19.2 Å². The first-order valence-corrected chi connectivity index (χ1v) is 13.4. The number of anilines is 1. The molecule has 2 amide bonds. The summed E-state index contributed by atoms with van der Waals surface area (Å²) in [6.07, 6.45) is 3.43. The van der Waals surface area contributed by atoms with Crippen LogP contribution >= 0.6 is 0 Å². The summed E-state index contributed by atoms with van der Waals surface area (Å²) in [5.41, 5.74) is 1.75. The van der Waals surface area contributed by atoms with Crippen molar-refractivity contribution in [3.8, 4) is 11.5 Å². The lowest BCUT2D eigenvalue weighted by molar-refractivity contribution is -0.384. The predicted molar refractivity (Wildman–Crippen MR) is 146 cm³/mol. The highest BCUT2D eigenvalue weighted by Crippen LogP contribution is 2.57. The first-order chi connectivity index (χ1) is 19.6. The fourth-order valence-corrected chi connectivity index (χ4v) is 6.76. The number of hydrogen-bond donors (Lipinski definition) is 1. The van der Waals surface area contributed by atoms with Crippen LogP contribution in [0.2, 0.25) is 0 Å².